The molecule has 2 nitrogen and oxygen atoms in total. The van der Waals surface area contributed by atoms with Gasteiger partial charge in [0.1, 0.15) is 0 Å². The lowest BCUT2D eigenvalue weighted by Crippen LogP contribution is -2.56. The van der Waals surface area contributed by atoms with E-state index < -0.39 is 0 Å². The van der Waals surface area contributed by atoms with Crippen LogP contribution in [0, 0.1) is 6.92 Å². The highest BCUT2D eigenvalue weighted by Gasteiger charge is 2.39. The number of hydrogen-bond acceptors (Lipinski definition) is 2. The maximum Gasteiger partial charge on any atom is 0.0668 e. The Labute approximate surface area is 90.8 Å². The van der Waals surface area contributed by atoms with Crippen LogP contribution in [0.2, 0.25) is 6.55 Å². The first-order valence-corrected chi connectivity index (χ1v) is 7.88. The minimum Gasteiger partial charge on any atom is -0.378 e. The molecule has 0 spiro atoms. The molecule has 1 aliphatic rings. The minimum atomic E-state index is -0.144. The number of rotatable bonds is 4. The molecular formula is C11H24NOSi. The summed E-state index contributed by atoms with van der Waals surface area (Å²) < 4.78 is 6.11. The first-order chi connectivity index (χ1) is 6.66. The summed E-state index contributed by atoms with van der Waals surface area (Å²) in [6, 6.07) is 0.527. The molecule has 1 saturated heterocycles. The van der Waals surface area contributed by atoms with Crippen LogP contribution in [-0.2, 0) is 4.74 Å². The zero-order chi connectivity index (χ0) is 10.6. The summed E-state index contributed by atoms with van der Waals surface area (Å²) in [4.78, 5) is 2.30. The molecule has 1 rings (SSSR count). The van der Waals surface area contributed by atoms with Crippen LogP contribution in [0.1, 0.15) is 25.7 Å². The van der Waals surface area contributed by atoms with E-state index in [9.17, 15) is 0 Å². The third-order valence-electron chi connectivity index (χ3n) is 3.49. The number of hydrogen-bond donors (Lipinski definition) is 0. The SMILES string of the molecule is [CH2]CC(N(C)C)C1([SiH2]C)CCCCO1. The van der Waals surface area contributed by atoms with Gasteiger partial charge in [0.2, 0.25) is 0 Å². The Bertz CT molecular complexity index is 167. The van der Waals surface area contributed by atoms with Crippen molar-refractivity contribution < 1.29 is 4.74 Å². The average Bonchev–Trinajstić information content (AvgIpc) is 2.19. The predicted molar refractivity (Wildman–Crippen MR) is 64.4 cm³/mol. The molecule has 0 saturated carbocycles. The van der Waals surface area contributed by atoms with Gasteiger partial charge in [-0.05, 0) is 39.8 Å². The molecule has 0 amide bonds. The van der Waals surface area contributed by atoms with Crippen LogP contribution >= 0.6 is 0 Å². The van der Waals surface area contributed by atoms with Gasteiger partial charge in [0, 0.05) is 12.6 Å². The third kappa shape index (κ3) is 2.38. The standard InChI is InChI=1S/C11H24NOSi/c1-5-10(12(2)3)11(14-4)8-6-7-9-13-11/h10H,1,5-9,14H2,2-4H3. The maximum absolute atomic E-state index is 6.11. The molecule has 1 fully saturated rings. The normalized spacial score (nSPS) is 31.5. The summed E-state index contributed by atoms with van der Waals surface area (Å²) in [5.41, 5.74) is 0. The van der Waals surface area contributed by atoms with Gasteiger partial charge in [0.25, 0.3) is 0 Å². The molecule has 2 unspecified atom stereocenters. The van der Waals surface area contributed by atoms with E-state index >= 15 is 0 Å². The molecule has 0 aliphatic carbocycles. The van der Waals surface area contributed by atoms with Crippen molar-refractivity contribution in [1.29, 1.82) is 0 Å². The van der Waals surface area contributed by atoms with Crippen molar-refractivity contribution in [2.75, 3.05) is 20.7 Å². The zero-order valence-corrected chi connectivity index (χ0v) is 11.3. The fourth-order valence-electron chi connectivity index (χ4n) is 2.64. The van der Waals surface area contributed by atoms with E-state index in [0.29, 0.717) is 6.04 Å². The van der Waals surface area contributed by atoms with E-state index in [4.69, 9.17) is 4.74 Å². The van der Waals surface area contributed by atoms with Crippen LogP contribution in [0.15, 0.2) is 0 Å². The largest absolute Gasteiger partial charge is 0.378 e. The lowest BCUT2D eigenvalue weighted by Gasteiger charge is -2.45. The highest BCUT2D eigenvalue weighted by molar-refractivity contribution is 6.38. The first kappa shape index (κ1) is 12.2. The lowest BCUT2D eigenvalue weighted by molar-refractivity contribution is -0.0654. The molecule has 3 heteroatoms. The molecule has 83 valence electrons. The number of nitrogens with zero attached hydrogens (tertiary/aromatic N) is 1. The van der Waals surface area contributed by atoms with Crippen molar-refractivity contribution in [2.45, 2.75) is 43.5 Å². The maximum atomic E-state index is 6.11. The Hall–Kier alpha value is 0.137. The summed E-state index contributed by atoms with van der Waals surface area (Å²) in [5, 5.41) is 0.212. The van der Waals surface area contributed by atoms with Gasteiger partial charge in [0.15, 0.2) is 0 Å². The smallest absolute Gasteiger partial charge is 0.0668 e. The second-order valence-corrected chi connectivity index (χ2v) is 6.40. The fraction of sp³-hybridized carbons (Fsp3) is 0.909. The van der Waals surface area contributed by atoms with Crippen LogP contribution in [0.25, 0.3) is 0 Å². The topological polar surface area (TPSA) is 12.5 Å². The quantitative estimate of drug-likeness (QED) is 0.653. The van der Waals surface area contributed by atoms with Crippen molar-refractivity contribution in [2.24, 2.45) is 0 Å². The van der Waals surface area contributed by atoms with Gasteiger partial charge >= 0.3 is 0 Å². The molecule has 2 atom stereocenters. The zero-order valence-electron chi connectivity index (χ0n) is 9.88. The Balaban J connectivity index is 2.74. The second-order valence-electron chi connectivity index (χ2n) is 4.49. The van der Waals surface area contributed by atoms with Gasteiger partial charge < -0.3 is 9.64 Å². The number of likely N-dealkylation sites (N-methyl/N-ethyl adjacent to an activating group) is 1. The van der Waals surface area contributed by atoms with Crippen LogP contribution in [0.3, 0.4) is 0 Å². The molecule has 1 heterocycles. The van der Waals surface area contributed by atoms with Crippen LogP contribution in [0.4, 0.5) is 0 Å². The molecule has 0 bridgehead atoms. The predicted octanol–water partition coefficient (Wildman–Crippen LogP) is 1.25. The molecule has 1 aliphatic heterocycles. The van der Waals surface area contributed by atoms with E-state index in [-0.39, 0.29) is 14.7 Å². The highest BCUT2D eigenvalue weighted by Crippen LogP contribution is 2.30. The van der Waals surface area contributed by atoms with Crippen molar-refractivity contribution in [3.05, 3.63) is 6.92 Å². The fourth-order valence-corrected chi connectivity index (χ4v) is 4.64. The van der Waals surface area contributed by atoms with E-state index in [1.165, 1.54) is 19.3 Å². The highest BCUT2D eigenvalue weighted by atomic mass is 28.2. The molecule has 0 aromatic heterocycles. The second kappa shape index (κ2) is 5.28. The van der Waals surface area contributed by atoms with E-state index in [1.807, 2.05) is 0 Å². The van der Waals surface area contributed by atoms with E-state index in [0.717, 1.165) is 13.0 Å². The molecule has 0 aromatic carbocycles. The summed E-state index contributed by atoms with van der Waals surface area (Å²) in [7, 11) is 4.16. The summed E-state index contributed by atoms with van der Waals surface area (Å²) in [6.45, 7) is 7.41. The summed E-state index contributed by atoms with van der Waals surface area (Å²) in [6.07, 6.45) is 4.81. The first-order valence-electron chi connectivity index (χ1n) is 5.76. The molecule has 0 aromatic rings. The van der Waals surface area contributed by atoms with Crippen molar-refractivity contribution in [1.82, 2.24) is 4.90 Å². The van der Waals surface area contributed by atoms with Crippen molar-refractivity contribution >= 4 is 9.52 Å². The van der Waals surface area contributed by atoms with Crippen molar-refractivity contribution in [3.63, 3.8) is 0 Å². The Morgan fingerprint density at radius 3 is 2.57 bits per heavy atom. The van der Waals surface area contributed by atoms with Gasteiger partial charge in [-0.1, -0.05) is 13.5 Å². The third-order valence-corrected chi connectivity index (χ3v) is 5.71. The van der Waals surface area contributed by atoms with Crippen LogP contribution in [-0.4, -0.2) is 46.4 Å². The van der Waals surface area contributed by atoms with Gasteiger partial charge in [-0.25, -0.2) is 0 Å². The van der Waals surface area contributed by atoms with Gasteiger partial charge in [-0.3, -0.25) is 0 Å². The van der Waals surface area contributed by atoms with Crippen LogP contribution < -0.4 is 0 Å². The van der Waals surface area contributed by atoms with E-state index in [1.54, 1.807) is 0 Å². The van der Waals surface area contributed by atoms with Crippen molar-refractivity contribution in [3.8, 4) is 0 Å². The van der Waals surface area contributed by atoms with E-state index in [2.05, 4.69) is 32.5 Å². The summed E-state index contributed by atoms with van der Waals surface area (Å²) >= 11 is 0. The van der Waals surface area contributed by atoms with Gasteiger partial charge in [-0.2, -0.15) is 0 Å². The Morgan fingerprint density at radius 1 is 1.50 bits per heavy atom. The summed E-state index contributed by atoms with van der Waals surface area (Å²) in [5.74, 6) is 0. The van der Waals surface area contributed by atoms with Gasteiger partial charge in [-0.15, -0.1) is 0 Å². The Kier molecular flexibility index (Phi) is 4.61. The molecule has 14 heavy (non-hydrogen) atoms. The molecule has 1 radical (unpaired) electrons. The monoisotopic (exact) mass is 214 g/mol. The minimum absolute atomic E-state index is 0.144. The average molecular weight is 214 g/mol. The van der Waals surface area contributed by atoms with Gasteiger partial charge in [0.05, 0.1) is 14.7 Å². The molecule has 0 N–H and O–H groups in total. The number of ether oxygens (including phenoxy) is 1. The Morgan fingerprint density at radius 2 is 2.21 bits per heavy atom. The van der Waals surface area contributed by atoms with Crippen LogP contribution in [0.5, 0.6) is 0 Å². The lowest BCUT2D eigenvalue weighted by atomic mass is 9.98. The molecular weight excluding hydrogens is 190 g/mol.